The minimum Gasteiger partial charge on any atom is -0.478 e. The minimum atomic E-state index is 0.263. The number of anilines is 2. The van der Waals surface area contributed by atoms with Crippen LogP contribution in [0.1, 0.15) is 91.4 Å². The smallest absolute Gasteiger partial charge is 0.215 e. The van der Waals surface area contributed by atoms with Crippen molar-refractivity contribution in [3.8, 4) is 11.8 Å². The second-order valence-corrected chi connectivity index (χ2v) is 16.2. The van der Waals surface area contributed by atoms with Crippen LogP contribution in [0.25, 0.3) is 0 Å². The molecule has 9 atom stereocenters. The molecule has 4 saturated carbocycles. The second kappa shape index (κ2) is 15.1. The van der Waals surface area contributed by atoms with Crippen LogP contribution in [0.5, 0.6) is 11.8 Å². The largest absolute Gasteiger partial charge is 0.478 e. The Morgan fingerprint density at radius 2 is 1.33 bits per heavy atom. The van der Waals surface area contributed by atoms with E-state index in [1.165, 1.54) is 57.8 Å². The molecule has 48 heavy (non-hydrogen) atoms. The molecular formula is C40H60N4O4. The number of hydrogen-bond donors (Lipinski definition) is 2. The zero-order valence-electron chi connectivity index (χ0n) is 29.8. The van der Waals surface area contributed by atoms with Crippen LogP contribution in [0.4, 0.5) is 11.6 Å². The van der Waals surface area contributed by atoms with E-state index in [0.717, 1.165) is 72.5 Å². The van der Waals surface area contributed by atoms with Gasteiger partial charge in [-0.1, -0.05) is 32.9 Å². The molecule has 6 heterocycles. The number of ether oxygens (including phenoxy) is 4. The second-order valence-electron chi connectivity index (χ2n) is 16.2. The summed E-state index contributed by atoms with van der Waals surface area (Å²) < 4.78 is 24.3. The molecule has 8 aliphatic rings. The highest BCUT2D eigenvalue weighted by molar-refractivity contribution is 5.37. The Hall–Kier alpha value is -2.58. The first-order chi connectivity index (χ1) is 23.4. The molecule has 4 aliphatic carbocycles. The highest BCUT2D eigenvalue weighted by atomic mass is 16.5. The molecule has 2 aromatic heterocycles. The van der Waals surface area contributed by atoms with Gasteiger partial charge in [-0.25, -0.2) is 0 Å². The van der Waals surface area contributed by atoms with E-state index in [0.29, 0.717) is 56.2 Å². The Morgan fingerprint density at radius 1 is 0.667 bits per heavy atom. The van der Waals surface area contributed by atoms with Gasteiger partial charge in [-0.15, -0.1) is 0 Å². The fourth-order valence-electron chi connectivity index (χ4n) is 11.3. The first-order valence-corrected chi connectivity index (χ1v) is 19.3. The van der Waals surface area contributed by atoms with Crippen molar-refractivity contribution in [1.82, 2.24) is 9.97 Å². The van der Waals surface area contributed by atoms with Gasteiger partial charge < -0.3 is 29.6 Å². The molecule has 2 aromatic rings. The maximum atomic E-state index is 6.59. The van der Waals surface area contributed by atoms with Crippen LogP contribution in [0.3, 0.4) is 0 Å². The van der Waals surface area contributed by atoms with Crippen molar-refractivity contribution in [1.29, 1.82) is 0 Å². The van der Waals surface area contributed by atoms with Crippen LogP contribution in [0.2, 0.25) is 0 Å². The van der Waals surface area contributed by atoms with Crippen LogP contribution in [-0.2, 0) is 9.47 Å². The highest BCUT2D eigenvalue weighted by Gasteiger charge is 2.60. The van der Waals surface area contributed by atoms with Crippen LogP contribution in [0, 0.1) is 46.3 Å². The molecule has 0 radical (unpaired) electrons. The van der Waals surface area contributed by atoms with Gasteiger partial charge >= 0.3 is 0 Å². The van der Waals surface area contributed by atoms with Gasteiger partial charge in [0.15, 0.2) is 0 Å². The minimum absolute atomic E-state index is 0.263. The Morgan fingerprint density at radius 3 is 2.10 bits per heavy atom. The summed E-state index contributed by atoms with van der Waals surface area (Å²) in [6.07, 6.45) is 14.7. The molecule has 8 heteroatoms. The Balaban J connectivity index is 1.02. The normalized spacial score (nSPS) is 38.1. The highest BCUT2D eigenvalue weighted by Crippen LogP contribution is 2.68. The molecule has 0 amide bonds. The van der Waals surface area contributed by atoms with Crippen molar-refractivity contribution in [2.45, 2.75) is 97.5 Å². The summed E-state index contributed by atoms with van der Waals surface area (Å²) in [7, 11) is 0. The van der Waals surface area contributed by atoms with Gasteiger partial charge in [-0.2, -0.15) is 9.97 Å². The quantitative estimate of drug-likeness (QED) is 0.292. The molecule has 0 spiro atoms. The zero-order chi connectivity index (χ0) is 33.0. The lowest BCUT2D eigenvalue weighted by molar-refractivity contribution is -0.127. The summed E-state index contributed by atoms with van der Waals surface area (Å²) in [5, 5.41) is 6.75. The zero-order valence-corrected chi connectivity index (χ0v) is 29.8. The summed E-state index contributed by atoms with van der Waals surface area (Å²) in [6.45, 7) is 12.3. The average Bonchev–Trinajstić information content (AvgIpc) is 3.45. The Labute approximate surface area is 288 Å². The molecule has 4 aliphatic heterocycles. The molecule has 2 N–H and O–H groups in total. The summed E-state index contributed by atoms with van der Waals surface area (Å²) in [5.74, 6) is 8.10. The first kappa shape index (κ1) is 33.9. The number of nitrogens with one attached hydrogen (secondary N) is 2. The molecule has 4 fully saturated rings. The van der Waals surface area contributed by atoms with Crippen molar-refractivity contribution >= 4 is 11.6 Å². The monoisotopic (exact) mass is 660 g/mol. The summed E-state index contributed by atoms with van der Waals surface area (Å²) in [5.41, 5.74) is 0.944. The summed E-state index contributed by atoms with van der Waals surface area (Å²) in [4.78, 5) is 9.47. The van der Waals surface area contributed by atoms with Crippen molar-refractivity contribution in [2.75, 3.05) is 56.8 Å². The van der Waals surface area contributed by atoms with E-state index < -0.39 is 0 Å². The van der Waals surface area contributed by atoms with Gasteiger partial charge in [0.2, 0.25) is 11.8 Å². The van der Waals surface area contributed by atoms with E-state index in [-0.39, 0.29) is 6.10 Å². The lowest BCUT2D eigenvalue weighted by Crippen LogP contribution is -2.54. The predicted octanol–water partition coefficient (Wildman–Crippen LogP) is 8.25. The fourth-order valence-corrected chi connectivity index (χ4v) is 11.3. The number of aromatic nitrogens is 2. The predicted molar refractivity (Wildman–Crippen MR) is 191 cm³/mol. The third-order valence-corrected chi connectivity index (χ3v) is 13.6. The van der Waals surface area contributed by atoms with E-state index in [4.69, 9.17) is 23.9 Å². The molecule has 0 aromatic carbocycles. The standard InChI is InChI=1S/C40H60N4O4/c1-28-7-6-22-47-37-10-4-8-35(43-37)41-20-23-45-25-26-46-24-21-42-36-9-5-11-38(44-36)48-30-16-18-39(2)29(27-30)12-13-31-33-15-14-32(28)40(33,3)19-17-34(31)39/h4-5,8-11,28-34H,6-7,12-27H2,1-3H3,(H,41,43)(H,42,44)/t28-,29-,30+,31+,32-,33+,34+,39+,40-/m1/s1. The third kappa shape index (κ3) is 7.31. The lowest BCUT2D eigenvalue weighted by atomic mass is 9.44. The maximum Gasteiger partial charge on any atom is 0.215 e. The Bertz CT molecular complexity index is 1340. The number of nitrogens with zero attached hydrogens (tertiary/aromatic N) is 2. The van der Waals surface area contributed by atoms with E-state index >= 15 is 0 Å². The van der Waals surface area contributed by atoms with E-state index in [9.17, 15) is 0 Å². The van der Waals surface area contributed by atoms with E-state index in [1.54, 1.807) is 0 Å². The first-order valence-electron chi connectivity index (χ1n) is 19.3. The van der Waals surface area contributed by atoms with Crippen molar-refractivity contribution in [3.63, 3.8) is 0 Å². The van der Waals surface area contributed by atoms with Crippen molar-refractivity contribution < 1.29 is 18.9 Å². The molecule has 8 nitrogen and oxygen atoms in total. The van der Waals surface area contributed by atoms with Gasteiger partial charge in [-0.3, -0.25) is 0 Å². The number of rotatable bonds is 0. The van der Waals surface area contributed by atoms with E-state index in [2.05, 4.69) is 36.4 Å². The van der Waals surface area contributed by atoms with Gasteiger partial charge in [0, 0.05) is 25.2 Å². The summed E-state index contributed by atoms with van der Waals surface area (Å²) in [6, 6.07) is 12.0. The topological polar surface area (TPSA) is 86.8 Å². The van der Waals surface area contributed by atoms with Gasteiger partial charge in [0.1, 0.15) is 17.7 Å². The summed E-state index contributed by atoms with van der Waals surface area (Å²) >= 11 is 0. The van der Waals surface area contributed by atoms with Crippen molar-refractivity contribution in [2.24, 2.45) is 46.3 Å². The van der Waals surface area contributed by atoms with Gasteiger partial charge in [0.25, 0.3) is 0 Å². The van der Waals surface area contributed by atoms with E-state index in [1.807, 2.05) is 36.4 Å². The molecular weight excluding hydrogens is 600 g/mol. The molecule has 12 bridgehead atoms. The lowest BCUT2D eigenvalue weighted by Gasteiger charge is -2.61. The van der Waals surface area contributed by atoms with Crippen LogP contribution < -0.4 is 20.1 Å². The van der Waals surface area contributed by atoms with Crippen LogP contribution >= 0.6 is 0 Å². The molecule has 0 saturated heterocycles. The average molecular weight is 661 g/mol. The van der Waals surface area contributed by atoms with Crippen molar-refractivity contribution in [3.05, 3.63) is 36.4 Å². The fraction of sp³-hybridized carbons (Fsp3) is 0.750. The SMILES string of the molecule is C[C@@H]1CCCOc2cccc(n2)NCCOCCOCCNc2cccc(n2)O[C@H]2CC[C@@]3(C)[C@H](CC[C@@H]4[C@@H]3CC[C@]3(C)[C@@H]1CC[C@@H]43)C2. The maximum absolute atomic E-state index is 6.59. The molecule has 0 unspecified atom stereocenters. The number of hydrogen-bond acceptors (Lipinski definition) is 8. The Kier molecular flexibility index (Phi) is 10.7. The number of pyridine rings is 2. The van der Waals surface area contributed by atoms with Gasteiger partial charge in [0.05, 0.1) is 33.0 Å². The molecule has 10 rings (SSSR count). The van der Waals surface area contributed by atoms with Gasteiger partial charge in [-0.05, 0) is 129 Å². The molecule has 264 valence electrons. The van der Waals surface area contributed by atoms with Crippen LogP contribution in [-0.4, -0.2) is 62.2 Å². The third-order valence-electron chi connectivity index (χ3n) is 13.6. The van der Waals surface area contributed by atoms with Crippen LogP contribution in [0.15, 0.2) is 36.4 Å².